The number of thiocarbonyl (C=S) groups is 1. The summed E-state index contributed by atoms with van der Waals surface area (Å²) in [6.45, 7) is 0. The number of hydrogen-bond donors (Lipinski definition) is 2. The molecule has 2 aromatic heterocycles. The largest absolute Gasteiger partial charge is 0.495 e. The number of methoxy groups -OCH3 is 1. The summed E-state index contributed by atoms with van der Waals surface area (Å²) in [6, 6.07) is 16.5. The van der Waals surface area contributed by atoms with E-state index in [1.807, 2.05) is 47.8 Å². The number of carbonyl (C=O) groups is 1. The maximum absolute atomic E-state index is 12.2. The van der Waals surface area contributed by atoms with Crippen molar-refractivity contribution in [3.8, 4) is 17.2 Å². The van der Waals surface area contributed by atoms with Crippen molar-refractivity contribution in [3.05, 3.63) is 64.9 Å². The average molecular weight is 409 g/mol. The molecule has 0 aliphatic heterocycles. The SMILES string of the molecule is COc1ccc(-c2nc3ccccc3o2)cc1NC(=S)NC(=O)c1cccs1. The number of benzene rings is 2. The van der Waals surface area contributed by atoms with Crippen LogP contribution >= 0.6 is 23.6 Å². The first-order chi connectivity index (χ1) is 13.6. The van der Waals surface area contributed by atoms with E-state index in [9.17, 15) is 4.79 Å². The van der Waals surface area contributed by atoms with Gasteiger partial charge in [0.05, 0.1) is 17.7 Å². The number of thiophene rings is 1. The average Bonchev–Trinajstić information content (AvgIpc) is 3.37. The fourth-order valence-corrected chi connectivity index (χ4v) is 3.48. The van der Waals surface area contributed by atoms with E-state index < -0.39 is 0 Å². The summed E-state index contributed by atoms with van der Waals surface area (Å²) in [5.41, 5.74) is 2.84. The highest BCUT2D eigenvalue weighted by atomic mass is 32.1. The van der Waals surface area contributed by atoms with E-state index in [0.717, 1.165) is 11.1 Å². The highest BCUT2D eigenvalue weighted by Crippen LogP contribution is 2.31. The Labute approximate surface area is 170 Å². The fourth-order valence-electron chi connectivity index (χ4n) is 2.66. The van der Waals surface area contributed by atoms with Gasteiger partial charge >= 0.3 is 0 Å². The number of oxazole rings is 1. The van der Waals surface area contributed by atoms with Crippen LogP contribution < -0.4 is 15.4 Å². The van der Waals surface area contributed by atoms with E-state index >= 15 is 0 Å². The smallest absolute Gasteiger partial charge is 0.267 e. The Morgan fingerprint density at radius 3 is 2.79 bits per heavy atom. The molecular formula is C20H15N3O3S2. The van der Waals surface area contributed by atoms with Gasteiger partial charge in [0.25, 0.3) is 5.91 Å². The van der Waals surface area contributed by atoms with Gasteiger partial charge < -0.3 is 14.5 Å². The fraction of sp³-hybridized carbons (Fsp3) is 0.0500. The van der Waals surface area contributed by atoms with Crippen LogP contribution in [0.2, 0.25) is 0 Å². The second-order valence-corrected chi connectivity index (χ2v) is 7.14. The van der Waals surface area contributed by atoms with E-state index in [2.05, 4.69) is 15.6 Å². The van der Waals surface area contributed by atoms with Crippen molar-refractivity contribution in [2.45, 2.75) is 0 Å². The molecule has 28 heavy (non-hydrogen) atoms. The van der Waals surface area contributed by atoms with Crippen LogP contribution in [-0.4, -0.2) is 23.1 Å². The van der Waals surface area contributed by atoms with Gasteiger partial charge in [0, 0.05) is 5.56 Å². The van der Waals surface area contributed by atoms with Gasteiger partial charge in [-0.1, -0.05) is 18.2 Å². The van der Waals surface area contributed by atoms with Gasteiger partial charge in [-0.15, -0.1) is 11.3 Å². The molecule has 6 nitrogen and oxygen atoms in total. The van der Waals surface area contributed by atoms with Gasteiger partial charge in [-0.05, 0) is 54.0 Å². The molecule has 0 radical (unpaired) electrons. The summed E-state index contributed by atoms with van der Waals surface area (Å²) in [7, 11) is 1.56. The Morgan fingerprint density at radius 1 is 1.18 bits per heavy atom. The summed E-state index contributed by atoms with van der Waals surface area (Å²) in [5, 5.41) is 7.67. The number of para-hydroxylation sites is 2. The first-order valence-corrected chi connectivity index (χ1v) is 9.62. The first kappa shape index (κ1) is 18.1. The minimum atomic E-state index is -0.262. The standard InChI is InChI=1S/C20H15N3O3S2/c1-25-15-9-8-12(19-21-13-5-2-3-6-16(13)26-19)11-14(15)22-20(27)23-18(24)17-7-4-10-28-17/h2-11H,1H3,(H2,22,23,24,27). The summed E-state index contributed by atoms with van der Waals surface area (Å²) in [6.07, 6.45) is 0. The number of aromatic nitrogens is 1. The maximum atomic E-state index is 12.2. The number of nitrogens with one attached hydrogen (secondary N) is 2. The van der Waals surface area contributed by atoms with E-state index in [4.69, 9.17) is 21.4 Å². The predicted molar refractivity (Wildman–Crippen MR) is 114 cm³/mol. The van der Waals surface area contributed by atoms with Gasteiger partial charge in [0.1, 0.15) is 11.3 Å². The zero-order valence-electron chi connectivity index (χ0n) is 14.8. The molecule has 140 valence electrons. The molecule has 0 saturated carbocycles. The predicted octanol–water partition coefficient (Wildman–Crippen LogP) is 4.69. The molecule has 0 atom stereocenters. The van der Waals surface area contributed by atoms with Crippen molar-refractivity contribution in [1.29, 1.82) is 0 Å². The number of ether oxygens (including phenoxy) is 1. The van der Waals surface area contributed by atoms with Crippen LogP contribution in [-0.2, 0) is 0 Å². The molecule has 2 N–H and O–H groups in total. The first-order valence-electron chi connectivity index (χ1n) is 8.34. The monoisotopic (exact) mass is 409 g/mol. The van der Waals surface area contributed by atoms with Gasteiger partial charge in [-0.2, -0.15) is 0 Å². The third kappa shape index (κ3) is 3.73. The molecule has 0 bridgehead atoms. The molecule has 4 rings (SSSR count). The summed E-state index contributed by atoms with van der Waals surface area (Å²) in [4.78, 5) is 17.2. The van der Waals surface area contributed by atoms with Crippen LogP contribution in [0.4, 0.5) is 5.69 Å². The zero-order chi connectivity index (χ0) is 19.5. The summed E-state index contributed by atoms with van der Waals surface area (Å²) >= 11 is 6.62. The highest BCUT2D eigenvalue weighted by molar-refractivity contribution is 7.80. The number of hydrogen-bond acceptors (Lipinski definition) is 6. The molecule has 0 saturated heterocycles. The molecule has 1 amide bonds. The molecular weight excluding hydrogens is 394 g/mol. The Hall–Kier alpha value is -3.23. The molecule has 0 fully saturated rings. The minimum absolute atomic E-state index is 0.173. The molecule has 0 unspecified atom stereocenters. The summed E-state index contributed by atoms with van der Waals surface area (Å²) < 4.78 is 11.2. The molecule has 0 aliphatic rings. The van der Waals surface area contributed by atoms with Gasteiger partial charge in [0.2, 0.25) is 5.89 Å². The van der Waals surface area contributed by atoms with Crippen molar-refractivity contribution < 1.29 is 13.9 Å². The topological polar surface area (TPSA) is 76.4 Å². The summed E-state index contributed by atoms with van der Waals surface area (Å²) in [5.74, 6) is 0.801. The van der Waals surface area contributed by atoms with E-state index in [1.54, 1.807) is 19.2 Å². The molecule has 0 spiro atoms. The molecule has 0 aliphatic carbocycles. The molecule has 2 heterocycles. The van der Waals surface area contributed by atoms with Gasteiger partial charge in [-0.25, -0.2) is 4.98 Å². The van der Waals surface area contributed by atoms with Crippen molar-refractivity contribution in [1.82, 2.24) is 10.3 Å². The second-order valence-electron chi connectivity index (χ2n) is 5.79. The lowest BCUT2D eigenvalue weighted by atomic mass is 10.2. The number of rotatable bonds is 4. The lowest BCUT2D eigenvalue weighted by molar-refractivity contribution is 0.0981. The number of fused-ring (bicyclic) bond motifs is 1. The van der Waals surface area contributed by atoms with Crippen LogP contribution in [0.5, 0.6) is 5.75 Å². The van der Waals surface area contributed by atoms with Crippen LogP contribution in [0.1, 0.15) is 9.67 Å². The maximum Gasteiger partial charge on any atom is 0.267 e. The zero-order valence-corrected chi connectivity index (χ0v) is 16.4. The van der Waals surface area contributed by atoms with Gasteiger partial charge in [0.15, 0.2) is 10.7 Å². The van der Waals surface area contributed by atoms with Crippen molar-refractivity contribution in [2.75, 3.05) is 12.4 Å². The Kier molecular flexibility index (Phi) is 5.05. The van der Waals surface area contributed by atoms with E-state index in [0.29, 0.717) is 27.8 Å². The van der Waals surface area contributed by atoms with Crippen LogP contribution in [0.25, 0.3) is 22.6 Å². The number of carbonyl (C=O) groups excluding carboxylic acids is 1. The second kappa shape index (κ2) is 7.79. The molecule has 2 aromatic carbocycles. The van der Waals surface area contributed by atoms with E-state index in [1.165, 1.54) is 11.3 Å². The Balaban J connectivity index is 1.58. The van der Waals surface area contributed by atoms with E-state index in [-0.39, 0.29) is 11.0 Å². The lowest BCUT2D eigenvalue weighted by Gasteiger charge is -2.13. The molecule has 4 aromatic rings. The minimum Gasteiger partial charge on any atom is -0.495 e. The van der Waals surface area contributed by atoms with Crippen LogP contribution in [0.15, 0.2) is 64.4 Å². The normalized spacial score (nSPS) is 10.6. The highest BCUT2D eigenvalue weighted by Gasteiger charge is 2.14. The number of nitrogens with zero attached hydrogens (tertiary/aromatic N) is 1. The number of anilines is 1. The molecule has 8 heteroatoms. The van der Waals surface area contributed by atoms with Crippen molar-refractivity contribution >= 4 is 51.4 Å². The Morgan fingerprint density at radius 2 is 2.04 bits per heavy atom. The number of amides is 1. The third-order valence-electron chi connectivity index (χ3n) is 3.96. The van der Waals surface area contributed by atoms with Crippen LogP contribution in [0, 0.1) is 0 Å². The third-order valence-corrected chi connectivity index (χ3v) is 5.03. The quantitative estimate of drug-likeness (QED) is 0.476. The van der Waals surface area contributed by atoms with Gasteiger partial charge in [-0.3, -0.25) is 10.1 Å². The van der Waals surface area contributed by atoms with Crippen molar-refractivity contribution in [3.63, 3.8) is 0 Å². The van der Waals surface area contributed by atoms with Crippen molar-refractivity contribution in [2.24, 2.45) is 0 Å². The Bertz CT molecular complexity index is 1120. The van der Waals surface area contributed by atoms with Crippen LogP contribution in [0.3, 0.4) is 0 Å². The lowest BCUT2D eigenvalue weighted by Crippen LogP contribution is -2.33.